The maximum atomic E-state index is 5.62. The van der Waals surface area contributed by atoms with E-state index >= 15 is 0 Å². The lowest BCUT2D eigenvalue weighted by Gasteiger charge is -2.13. The van der Waals surface area contributed by atoms with E-state index < -0.39 is 0 Å². The van der Waals surface area contributed by atoms with Crippen molar-refractivity contribution < 1.29 is 9.47 Å². The Kier molecular flexibility index (Phi) is 7.08. The summed E-state index contributed by atoms with van der Waals surface area (Å²) >= 11 is 1.73. The largest absolute Gasteiger partial charge is 0.492 e. The van der Waals surface area contributed by atoms with Crippen LogP contribution in [0.5, 0.6) is 5.75 Å². The van der Waals surface area contributed by atoms with Crippen molar-refractivity contribution in [3.05, 3.63) is 24.3 Å². The van der Waals surface area contributed by atoms with Gasteiger partial charge in [0.05, 0.1) is 6.61 Å². The summed E-state index contributed by atoms with van der Waals surface area (Å²) in [6.07, 6.45) is 2.07. The molecule has 0 saturated heterocycles. The van der Waals surface area contributed by atoms with E-state index in [9.17, 15) is 0 Å². The molecule has 17 heavy (non-hydrogen) atoms. The highest BCUT2D eigenvalue weighted by atomic mass is 32.2. The Morgan fingerprint density at radius 3 is 2.59 bits per heavy atom. The van der Waals surface area contributed by atoms with Gasteiger partial charge in [-0.2, -0.15) is 0 Å². The fourth-order valence-corrected chi connectivity index (χ4v) is 1.86. The van der Waals surface area contributed by atoms with E-state index in [0.717, 1.165) is 18.9 Å². The van der Waals surface area contributed by atoms with Gasteiger partial charge in [0, 0.05) is 24.6 Å². The van der Waals surface area contributed by atoms with Crippen LogP contribution in [0.2, 0.25) is 0 Å². The van der Waals surface area contributed by atoms with Gasteiger partial charge < -0.3 is 14.8 Å². The highest BCUT2D eigenvalue weighted by molar-refractivity contribution is 7.98. The summed E-state index contributed by atoms with van der Waals surface area (Å²) in [6.45, 7) is 4.32. The maximum absolute atomic E-state index is 5.62. The lowest BCUT2D eigenvalue weighted by atomic mass is 10.3. The second-order valence-electron chi connectivity index (χ2n) is 3.83. The monoisotopic (exact) mass is 255 g/mol. The molecule has 4 heteroatoms. The van der Waals surface area contributed by atoms with E-state index in [2.05, 4.69) is 30.6 Å². The minimum Gasteiger partial charge on any atom is -0.492 e. The van der Waals surface area contributed by atoms with E-state index in [1.54, 1.807) is 18.9 Å². The lowest BCUT2D eigenvalue weighted by Crippen LogP contribution is -2.33. The average Bonchev–Trinajstić information content (AvgIpc) is 2.36. The molecule has 1 aromatic rings. The topological polar surface area (TPSA) is 30.5 Å². The van der Waals surface area contributed by atoms with Crippen LogP contribution in [0.3, 0.4) is 0 Å². The van der Waals surface area contributed by atoms with Gasteiger partial charge >= 0.3 is 0 Å². The summed E-state index contributed by atoms with van der Waals surface area (Å²) in [5.74, 6) is 0.920. The zero-order chi connectivity index (χ0) is 12.5. The SMILES string of the molecule is COCC(C)NCCOc1ccc(SC)cc1. The molecule has 0 bridgehead atoms. The molecule has 0 saturated carbocycles. The van der Waals surface area contributed by atoms with Crippen molar-refractivity contribution in [1.82, 2.24) is 5.32 Å². The normalized spacial score (nSPS) is 12.4. The van der Waals surface area contributed by atoms with Crippen LogP contribution in [0.4, 0.5) is 0 Å². The smallest absolute Gasteiger partial charge is 0.119 e. The summed E-state index contributed by atoms with van der Waals surface area (Å²) in [5, 5.41) is 3.32. The van der Waals surface area contributed by atoms with Crippen LogP contribution in [0.25, 0.3) is 0 Å². The number of benzene rings is 1. The highest BCUT2D eigenvalue weighted by Gasteiger charge is 1.99. The van der Waals surface area contributed by atoms with E-state index in [-0.39, 0.29) is 0 Å². The van der Waals surface area contributed by atoms with Crippen molar-refractivity contribution in [1.29, 1.82) is 0 Å². The highest BCUT2D eigenvalue weighted by Crippen LogP contribution is 2.18. The zero-order valence-corrected chi connectivity index (χ0v) is 11.5. The quantitative estimate of drug-likeness (QED) is 0.571. The van der Waals surface area contributed by atoms with Gasteiger partial charge in [0.1, 0.15) is 12.4 Å². The molecule has 0 spiro atoms. The van der Waals surface area contributed by atoms with Gasteiger partial charge in [-0.3, -0.25) is 0 Å². The van der Waals surface area contributed by atoms with E-state index in [1.165, 1.54) is 4.90 Å². The van der Waals surface area contributed by atoms with Crippen LogP contribution in [0, 0.1) is 0 Å². The molecule has 1 rings (SSSR count). The molecule has 0 aliphatic rings. The number of ether oxygens (including phenoxy) is 2. The molecule has 0 aliphatic heterocycles. The fourth-order valence-electron chi connectivity index (χ4n) is 1.46. The standard InChI is InChI=1S/C13H21NO2S/c1-11(10-15-2)14-8-9-16-12-4-6-13(17-3)7-5-12/h4-7,11,14H,8-10H2,1-3H3. The summed E-state index contributed by atoms with van der Waals surface area (Å²) in [6, 6.07) is 8.51. The predicted molar refractivity (Wildman–Crippen MR) is 73.1 cm³/mol. The van der Waals surface area contributed by atoms with Crippen molar-refractivity contribution in [2.75, 3.05) is 33.1 Å². The molecule has 0 amide bonds. The third kappa shape index (κ3) is 5.96. The molecule has 0 heterocycles. The van der Waals surface area contributed by atoms with Gasteiger partial charge in [-0.05, 0) is 37.4 Å². The number of hydrogen-bond acceptors (Lipinski definition) is 4. The van der Waals surface area contributed by atoms with Crippen LogP contribution in [0.1, 0.15) is 6.92 Å². The second-order valence-corrected chi connectivity index (χ2v) is 4.71. The molecule has 96 valence electrons. The van der Waals surface area contributed by atoms with Gasteiger partial charge in [0.15, 0.2) is 0 Å². The molecule has 0 fully saturated rings. The fraction of sp³-hybridized carbons (Fsp3) is 0.538. The summed E-state index contributed by atoms with van der Waals surface area (Å²) < 4.78 is 10.7. The Hall–Kier alpha value is -0.710. The Bertz CT molecular complexity index is 303. The number of hydrogen-bond donors (Lipinski definition) is 1. The first-order valence-corrected chi connectivity index (χ1v) is 6.98. The predicted octanol–water partition coefficient (Wildman–Crippen LogP) is 2.41. The third-order valence-electron chi connectivity index (χ3n) is 2.34. The van der Waals surface area contributed by atoms with Crippen molar-refractivity contribution in [2.45, 2.75) is 17.9 Å². The van der Waals surface area contributed by atoms with Gasteiger partial charge in [-0.25, -0.2) is 0 Å². The van der Waals surface area contributed by atoms with Crippen molar-refractivity contribution in [2.24, 2.45) is 0 Å². The first-order valence-electron chi connectivity index (χ1n) is 5.75. The Morgan fingerprint density at radius 2 is 2.00 bits per heavy atom. The molecule has 1 aromatic carbocycles. The van der Waals surface area contributed by atoms with Crippen molar-refractivity contribution in [3.8, 4) is 5.75 Å². The molecule has 1 N–H and O–H groups in total. The Balaban J connectivity index is 2.17. The number of thioether (sulfide) groups is 1. The lowest BCUT2D eigenvalue weighted by molar-refractivity contribution is 0.169. The van der Waals surface area contributed by atoms with E-state index in [0.29, 0.717) is 12.6 Å². The minimum absolute atomic E-state index is 0.363. The first kappa shape index (κ1) is 14.4. The number of nitrogens with one attached hydrogen (secondary N) is 1. The van der Waals surface area contributed by atoms with Crippen molar-refractivity contribution >= 4 is 11.8 Å². The molecule has 0 aromatic heterocycles. The summed E-state index contributed by atoms with van der Waals surface area (Å²) in [4.78, 5) is 1.25. The number of rotatable bonds is 8. The molecule has 1 unspecified atom stereocenters. The third-order valence-corrected chi connectivity index (χ3v) is 3.08. The van der Waals surface area contributed by atoms with Crippen molar-refractivity contribution in [3.63, 3.8) is 0 Å². The Morgan fingerprint density at radius 1 is 1.29 bits per heavy atom. The van der Waals surface area contributed by atoms with Gasteiger partial charge in [-0.1, -0.05) is 0 Å². The van der Waals surface area contributed by atoms with Crippen LogP contribution in [-0.4, -0.2) is 39.2 Å². The maximum Gasteiger partial charge on any atom is 0.119 e. The second kappa shape index (κ2) is 8.39. The number of methoxy groups -OCH3 is 1. The van der Waals surface area contributed by atoms with E-state index in [1.807, 2.05) is 12.1 Å². The molecule has 0 aliphatic carbocycles. The van der Waals surface area contributed by atoms with Crippen LogP contribution >= 0.6 is 11.8 Å². The summed E-state index contributed by atoms with van der Waals surface area (Å²) in [7, 11) is 1.71. The van der Waals surface area contributed by atoms with Crippen LogP contribution < -0.4 is 10.1 Å². The summed E-state index contributed by atoms with van der Waals surface area (Å²) in [5.41, 5.74) is 0. The molecule has 1 atom stereocenters. The molecule has 0 radical (unpaired) electrons. The van der Waals surface area contributed by atoms with Gasteiger partial charge in [-0.15, -0.1) is 11.8 Å². The van der Waals surface area contributed by atoms with Gasteiger partial charge in [0.25, 0.3) is 0 Å². The first-order chi connectivity index (χ1) is 8.26. The molecule has 3 nitrogen and oxygen atoms in total. The Labute approximate surface area is 108 Å². The molecular weight excluding hydrogens is 234 g/mol. The van der Waals surface area contributed by atoms with Gasteiger partial charge in [0.2, 0.25) is 0 Å². The van der Waals surface area contributed by atoms with Crippen LogP contribution in [-0.2, 0) is 4.74 Å². The van der Waals surface area contributed by atoms with E-state index in [4.69, 9.17) is 9.47 Å². The van der Waals surface area contributed by atoms with Crippen LogP contribution in [0.15, 0.2) is 29.2 Å². The molecular formula is C13H21NO2S. The minimum atomic E-state index is 0.363. The zero-order valence-electron chi connectivity index (χ0n) is 10.7. The average molecular weight is 255 g/mol.